The summed E-state index contributed by atoms with van der Waals surface area (Å²) in [5.74, 6) is -1.03. The molecule has 3 rings (SSSR count). The molecule has 0 bridgehead atoms. The number of nitrogens with zero attached hydrogens (tertiary/aromatic N) is 1. The summed E-state index contributed by atoms with van der Waals surface area (Å²) in [5, 5.41) is 0. The molecule has 0 unspecified atom stereocenters. The van der Waals surface area contributed by atoms with Crippen LogP contribution in [0.2, 0.25) is 0 Å². The molecule has 0 aromatic heterocycles. The number of halogens is 3. The van der Waals surface area contributed by atoms with E-state index in [9.17, 15) is 8.78 Å². The summed E-state index contributed by atoms with van der Waals surface area (Å²) in [6.07, 6.45) is 0.805. The predicted molar refractivity (Wildman–Crippen MR) is 82.7 cm³/mol. The zero-order valence-corrected chi connectivity index (χ0v) is 13.0. The maximum Gasteiger partial charge on any atom is 0.144 e. The quantitative estimate of drug-likeness (QED) is 0.656. The molecular formula is C16H15BrF2N2. The van der Waals surface area contributed by atoms with Gasteiger partial charge in [0, 0.05) is 30.9 Å². The van der Waals surface area contributed by atoms with Crippen LogP contribution in [0.25, 0.3) is 0 Å². The highest BCUT2D eigenvalue weighted by Gasteiger charge is 2.21. The van der Waals surface area contributed by atoms with Crippen LogP contribution in [-0.2, 0) is 19.5 Å². The molecule has 0 aliphatic carbocycles. The highest BCUT2D eigenvalue weighted by atomic mass is 79.9. The van der Waals surface area contributed by atoms with E-state index >= 15 is 0 Å². The van der Waals surface area contributed by atoms with E-state index in [2.05, 4.69) is 15.9 Å². The zero-order valence-electron chi connectivity index (χ0n) is 11.4. The second-order valence-electron chi connectivity index (χ2n) is 5.27. The predicted octanol–water partition coefficient (Wildman–Crippen LogP) is 3.87. The van der Waals surface area contributed by atoms with E-state index < -0.39 is 11.6 Å². The van der Waals surface area contributed by atoms with E-state index in [1.807, 2.05) is 23.1 Å². The van der Waals surface area contributed by atoms with Crippen LogP contribution in [0.1, 0.15) is 16.7 Å². The van der Waals surface area contributed by atoms with Gasteiger partial charge < -0.3 is 5.73 Å². The van der Waals surface area contributed by atoms with Gasteiger partial charge in [-0.15, -0.1) is 0 Å². The maximum absolute atomic E-state index is 14.0. The van der Waals surface area contributed by atoms with Crippen molar-refractivity contribution in [2.75, 3.05) is 12.3 Å². The topological polar surface area (TPSA) is 29.3 Å². The summed E-state index contributed by atoms with van der Waals surface area (Å²) in [4.78, 5) is 2.04. The first kappa shape index (κ1) is 14.5. The molecule has 0 amide bonds. The average molecular weight is 353 g/mol. The largest absolute Gasteiger partial charge is 0.398 e. The molecule has 21 heavy (non-hydrogen) atoms. The molecule has 1 heterocycles. The lowest BCUT2D eigenvalue weighted by molar-refractivity contribution is 0.238. The minimum Gasteiger partial charge on any atom is -0.398 e. The number of nitrogens with two attached hydrogens (primary N) is 1. The molecule has 2 aromatic carbocycles. The van der Waals surface area contributed by atoms with Crippen molar-refractivity contribution in [1.29, 1.82) is 0 Å². The number of fused-ring (bicyclic) bond motifs is 1. The number of anilines is 1. The number of rotatable bonds is 2. The molecule has 0 saturated heterocycles. The van der Waals surface area contributed by atoms with Crippen LogP contribution >= 0.6 is 15.9 Å². The third kappa shape index (κ3) is 2.80. The Morgan fingerprint density at radius 2 is 2.00 bits per heavy atom. The Morgan fingerprint density at radius 3 is 2.81 bits per heavy atom. The van der Waals surface area contributed by atoms with Gasteiger partial charge in [0.2, 0.25) is 0 Å². The standard InChI is InChI=1S/C16H15BrF2N2/c17-13-4-5-14(18)12(16(13)19)9-21-7-6-11-10(8-21)2-1-3-15(11)20/h1-5H,6-9,20H2. The van der Waals surface area contributed by atoms with Gasteiger partial charge in [-0.1, -0.05) is 12.1 Å². The van der Waals surface area contributed by atoms with Gasteiger partial charge in [0.05, 0.1) is 4.47 Å². The van der Waals surface area contributed by atoms with Gasteiger partial charge in [0.15, 0.2) is 0 Å². The summed E-state index contributed by atoms with van der Waals surface area (Å²) in [6, 6.07) is 8.50. The van der Waals surface area contributed by atoms with Gasteiger partial charge in [0.25, 0.3) is 0 Å². The van der Waals surface area contributed by atoms with Crippen LogP contribution in [0.3, 0.4) is 0 Å². The van der Waals surface area contributed by atoms with Crippen LogP contribution < -0.4 is 5.73 Å². The van der Waals surface area contributed by atoms with Crippen molar-refractivity contribution in [2.24, 2.45) is 0 Å². The molecule has 5 heteroatoms. The number of hydrogen-bond donors (Lipinski definition) is 1. The molecule has 0 saturated carbocycles. The molecule has 0 fully saturated rings. The summed E-state index contributed by atoms with van der Waals surface area (Å²) >= 11 is 3.10. The van der Waals surface area contributed by atoms with E-state index in [1.165, 1.54) is 12.1 Å². The molecule has 2 nitrogen and oxygen atoms in total. The number of nitrogen functional groups attached to an aromatic ring is 1. The number of benzene rings is 2. The number of hydrogen-bond acceptors (Lipinski definition) is 2. The third-order valence-corrected chi connectivity index (χ3v) is 4.51. The third-order valence-electron chi connectivity index (χ3n) is 3.90. The van der Waals surface area contributed by atoms with Crippen molar-refractivity contribution in [3.05, 3.63) is 63.1 Å². The zero-order chi connectivity index (χ0) is 15.0. The van der Waals surface area contributed by atoms with Crippen molar-refractivity contribution in [3.8, 4) is 0 Å². The van der Waals surface area contributed by atoms with E-state index in [0.717, 1.165) is 29.8 Å². The minimum absolute atomic E-state index is 0.108. The summed E-state index contributed by atoms with van der Waals surface area (Å²) in [7, 11) is 0. The first-order chi connectivity index (χ1) is 10.1. The van der Waals surface area contributed by atoms with Crippen LogP contribution in [0.5, 0.6) is 0 Å². The van der Waals surface area contributed by atoms with Crippen LogP contribution in [-0.4, -0.2) is 11.4 Å². The lowest BCUT2D eigenvalue weighted by Gasteiger charge is -2.29. The molecule has 2 aromatic rings. The maximum atomic E-state index is 14.0. The monoisotopic (exact) mass is 352 g/mol. The van der Waals surface area contributed by atoms with E-state index in [4.69, 9.17) is 5.73 Å². The Bertz CT molecular complexity index is 688. The van der Waals surface area contributed by atoms with E-state index in [0.29, 0.717) is 11.0 Å². The van der Waals surface area contributed by atoms with Crippen molar-refractivity contribution in [1.82, 2.24) is 4.90 Å². The Balaban J connectivity index is 1.84. The molecule has 0 spiro atoms. The smallest absolute Gasteiger partial charge is 0.144 e. The molecule has 1 aliphatic heterocycles. The SMILES string of the molecule is Nc1cccc2c1CCN(Cc1c(F)ccc(Br)c1F)C2. The summed E-state index contributed by atoms with van der Waals surface area (Å²) in [5.41, 5.74) is 9.16. The highest BCUT2D eigenvalue weighted by Crippen LogP contribution is 2.27. The molecule has 2 N–H and O–H groups in total. The lowest BCUT2D eigenvalue weighted by atomic mass is 9.97. The van der Waals surface area contributed by atoms with E-state index in [1.54, 1.807) is 0 Å². The van der Waals surface area contributed by atoms with Gasteiger partial charge in [-0.05, 0) is 51.7 Å². The van der Waals surface area contributed by atoms with E-state index in [-0.39, 0.29) is 12.1 Å². The highest BCUT2D eigenvalue weighted by molar-refractivity contribution is 9.10. The first-order valence-corrected chi connectivity index (χ1v) is 7.56. The van der Waals surface area contributed by atoms with Gasteiger partial charge in [0.1, 0.15) is 11.6 Å². The molecule has 0 radical (unpaired) electrons. The average Bonchev–Trinajstić information content (AvgIpc) is 2.48. The Kier molecular flexibility index (Phi) is 3.95. The lowest BCUT2D eigenvalue weighted by Crippen LogP contribution is -2.31. The van der Waals surface area contributed by atoms with Gasteiger partial charge in [-0.3, -0.25) is 4.90 Å². The van der Waals surface area contributed by atoms with Gasteiger partial charge >= 0.3 is 0 Å². The van der Waals surface area contributed by atoms with Crippen molar-refractivity contribution in [3.63, 3.8) is 0 Å². The summed E-state index contributed by atoms with van der Waals surface area (Å²) in [6.45, 7) is 1.66. The minimum atomic E-state index is -0.520. The molecule has 0 atom stereocenters. The fraction of sp³-hybridized carbons (Fsp3) is 0.250. The fourth-order valence-electron chi connectivity index (χ4n) is 2.77. The Morgan fingerprint density at radius 1 is 1.19 bits per heavy atom. The first-order valence-electron chi connectivity index (χ1n) is 6.77. The fourth-order valence-corrected chi connectivity index (χ4v) is 3.14. The van der Waals surface area contributed by atoms with Crippen molar-refractivity contribution >= 4 is 21.6 Å². The van der Waals surface area contributed by atoms with Crippen LogP contribution in [0.4, 0.5) is 14.5 Å². The second-order valence-corrected chi connectivity index (χ2v) is 6.12. The normalized spacial score (nSPS) is 15.0. The van der Waals surface area contributed by atoms with Crippen LogP contribution in [0, 0.1) is 11.6 Å². The molecule has 1 aliphatic rings. The Hall–Kier alpha value is -1.46. The van der Waals surface area contributed by atoms with Crippen molar-refractivity contribution < 1.29 is 8.78 Å². The van der Waals surface area contributed by atoms with Gasteiger partial charge in [-0.2, -0.15) is 0 Å². The molecule has 110 valence electrons. The summed E-state index contributed by atoms with van der Waals surface area (Å²) < 4.78 is 28.2. The van der Waals surface area contributed by atoms with Crippen molar-refractivity contribution in [2.45, 2.75) is 19.5 Å². The molecular weight excluding hydrogens is 338 g/mol. The van der Waals surface area contributed by atoms with Crippen LogP contribution in [0.15, 0.2) is 34.8 Å². The van der Waals surface area contributed by atoms with Gasteiger partial charge in [-0.25, -0.2) is 8.78 Å². The Labute approximate surface area is 130 Å². The second kappa shape index (κ2) is 5.73.